The highest BCUT2D eigenvalue weighted by atomic mass is 16.5. The summed E-state index contributed by atoms with van der Waals surface area (Å²) in [4.78, 5) is 6.70. The van der Waals surface area contributed by atoms with Gasteiger partial charge in [0.1, 0.15) is 6.61 Å². The normalized spacial score (nSPS) is 15.3. The third-order valence-corrected chi connectivity index (χ3v) is 4.02. The summed E-state index contributed by atoms with van der Waals surface area (Å²) >= 11 is 0. The maximum atomic E-state index is 5.94. The van der Waals surface area contributed by atoms with Crippen molar-refractivity contribution >= 4 is 17.7 Å². The number of aryl methyl sites for hydroxylation is 1. The predicted octanol–water partition coefficient (Wildman–Crippen LogP) is 2.13. The van der Waals surface area contributed by atoms with Crippen LogP contribution in [0, 0.1) is 6.92 Å². The number of pyridine rings is 1. The average molecular weight is 355 g/mol. The molecular formula is C19H25N5O2. The van der Waals surface area contributed by atoms with Gasteiger partial charge in [-0.15, -0.1) is 0 Å². The first kappa shape index (κ1) is 18.2. The molecule has 1 saturated heterocycles. The molecule has 2 heterocycles. The second-order valence-electron chi connectivity index (χ2n) is 6.21. The van der Waals surface area contributed by atoms with Crippen LogP contribution in [0.2, 0.25) is 0 Å². The molecule has 0 atom stereocenters. The van der Waals surface area contributed by atoms with Crippen LogP contribution in [0.5, 0.6) is 5.88 Å². The Labute approximate surface area is 153 Å². The fourth-order valence-corrected chi connectivity index (χ4v) is 2.68. The first-order valence-corrected chi connectivity index (χ1v) is 8.75. The largest absolute Gasteiger partial charge is 0.476 e. The number of morpholine rings is 1. The monoisotopic (exact) mass is 355 g/mol. The Kier molecular flexibility index (Phi) is 6.40. The van der Waals surface area contributed by atoms with Gasteiger partial charge >= 0.3 is 0 Å². The highest BCUT2D eigenvalue weighted by Crippen LogP contribution is 2.18. The second-order valence-corrected chi connectivity index (χ2v) is 6.21. The number of ether oxygens (including phenoxy) is 2. The molecule has 0 radical (unpaired) electrons. The Morgan fingerprint density at radius 3 is 2.96 bits per heavy atom. The SMILES string of the molecule is Cc1cccc(C=NNc2cc(N)cc(OCCN3CCOCC3)n2)c1. The zero-order valence-electron chi connectivity index (χ0n) is 15.0. The topological polar surface area (TPSA) is 85.0 Å². The summed E-state index contributed by atoms with van der Waals surface area (Å²) in [5.74, 6) is 1.04. The summed E-state index contributed by atoms with van der Waals surface area (Å²) in [5.41, 5.74) is 11.6. The maximum absolute atomic E-state index is 5.94. The molecular weight excluding hydrogens is 330 g/mol. The van der Waals surface area contributed by atoms with Gasteiger partial charge in [-0.1, -0.05) is 29.8 Å². The van der Waals surface area contributed by atoms with Crippen LogP contribution in [-0.2, 0) is 4.74 Å². The van der Waals surface area contributed by atoms with Crippen LogP contribution in [0.25, 0.3) is 0 Å². The Morgan fingerprint density at radius 1 is 1.31 bits per heavy atom. The van der Waals surface area contributed by atoms with Crippen molar-refractivity contribution < 1.29 is 9.47 Å². The van der Waals surface area contributed by atoms with Crippen LogP contribution in [-0.4, -0.2) is 55.6 Å². The van der Waals surface area contributed by atoms with Crippen LogP contribution in [0.3, 0.4) is 0 Å². The number of rotatable bonds is 7. The lowest BCUT2D eigenvalue weighted by molar-refractivity contribution is 0.0320. The van der Waals surface area contributed by atoms with Crippen molar-refractivity contribution in [3.63, 3.8) is 0 Å². The van der Waals surface area contributed by atoms with E-state index in [0.29, 0.717) is 24.0 Å². The lowest BCUT2D eigenvalue weighted by atomic mass is 10.2. The van der Waals surface area contributed by atoms with E-state index in [9.17, 15) is 0 Å². The molecule has 1 aromatic carbocycles. The quantitative estimate of drug-likeness (QED) is 0.585. The minimum absolute atomic E-state index is 0.492. The van der Waals surface area contributed by atoms with E-state index in [1.807, 2.05) is 25.1 Å². The molecule has 3 N–H and O–H groups in total. The Hall–Kier alpha value is -2.64. The molecule has 7 nitrogen and oxygen atoms in total. The number of benzene rings is 1. The lowest BCUT2D eigenvalue weighted by Gasteiger charge is -2.26. The Morgan fingerprint density at radius 2 is 2.15 bits per heavy atom. The van der Waals surface area contributed by atoms with Gasteiger partial charge in [-0.25, -0.2) is 0 Å². The van der Waals surface area contributed by atoms with Crippen molar-refractivity contribution in [2.45, 2.75) is 6.92 Å². The molecule has 1 aromatic heterocycles. The van der Waals surface area contributed by atoms with Gasteiger partial charge in [-0.05, 0) is 12.5 Å². The Bertz CT molecular complexity index is 744. The third kappa shape index (κ3) is 5.72. The van der Waals surface area contributed by atoms with Crippen molar-refractivity contribution in [3.8, 4) is 5.88 Å². The molecule has 26 heavy (non-hydrogen) atoms. The van der Waals surface area contributed by atoms with Crippen molar-refractivity contribution in [2.75, 3.05) is 50.6 Å². The van der Waals surface area contributed by atoms with Crippen molar-refractivity contribution in [3.05, 3.63) is 47.5 Å². The van der Waals surface area contributed by atoms with Crippen molar-refractivity contribution in [1.82, 2.24) is 9.88 Å². The van der Waals surface area contributed by atoms with Gasteiger partial charge in [0.25, 0.3) is 0 Å². The molecule has 0 saturated carbocycles. The first-order valence-electron chi connectivity index (χ1n) is 8.75. The predicted molar refractivity (Wildman–Crippen MR) is 104 cm³/mol. The van der Waals surface area contributed by atoms with E-state index in [1.54, 1.807) is 18.3 Å². The molecule has 0 spiro atoms. The average Bonchev–Trinajstić information content (AvgIpc) is 2.62. The van der Waals surface area contributed by atoms with Crippen LogP contribution in [0.15, 0.2) is 41.5 Å². The number of aromatic nitrogens is 1. The summed E-state index contributed by atoms with van der Waals surface area (Å²) in [6.45, 7) is 6.89. The molecule has 138 valence electrons. The number of nitrogen functional groups attached to an aromatic ring is 1. The van der Waals surface area contributed by atoms with E-state index in [2.05, 4.69) is 26.5 Å². The van der Waals surface area contributed by atoms with Crippen LogP contribution in [0.4, 0.5) is 11.5 Å². The standard InChI is InChI=1S/C19H25N5O2/c1-15-3-2-4-16(11-15)14-21-23-18-12-17(20)13-19(22-18)26-10-7-24-5-8-25-9-6-24/h2-4,11-14H,5-10H2,1H3,(H3,20,22,23). The molecule has 2 aromatic rings. The van der Waals surface area contributed by atoms with E-state index in [-0.39, 0.29) is 0 Å². The van der Waals surface area contributed by atoms with Gasteiger partial charge in [-0.3, -0.25) is 10.3 Å². The third-order valence-electron chi connectivity index (χ3n) is 4.02. The fraction of sp³-hybridized carbons (Fsp3) is 0.368. The molecule has 0 amide bonds. The van der Waals surface area contributed by atoms with Gasteiger partial charge in [0, 0.05) is 37.5 Å². The highest BCUT2D eigenvalue weighted by Gasteiger charge is 2.10. The fourth-order valence-electron chi connectivity index (χ4n) is 2.68. The summed E-state index contributed by atoms with van der Waals surface area (Å²) in [5, 5.41) is 4.22. The first-order chi connectivity index (χ1) is 12.7. The van der Waals surface area contributed by atoms with Gasteiger partial charge in [0.05, 0.1) is 19.4 Å². The van der Waals surface area contributed by atoms with E-state index >= 15 is 0 Å². The van der Waals surface area contributed by atoms with Gasteiger partial charge in [-0.2, -0.15) is 10.1 Å². The summed E-state index contributed by atoms with van der Waals surface area (Å²) < 4.78 is 11.1. The molecule has 0 aliphatic carbocycles. The molecule has 0 unspecified atom stereocenters. The molecule has 7 heteroatoms. The number of nitrogens with one attached hydrogen (secondary N) is 1. The number of hydrazone groups is 1. The number of nitrogens with two attached hydrogens (primary N) is 1. The molecule has 1 aliphatic rings. The van der Waals surface area contributed by atoms with Gasteiger partial charge < -0.3 is 15.2 Å². The van der Waals surface area contributed by atoms with Crippen LogP contribution in [0.1, 0.15) is 11.1 Å². The zero-order valence-corrected chi connectivity index (χ0v) is 15.0. The minimum Gasteiger partial charge on any atom is -0.476 e. The number of nitrogens with zero attached hydrogens (tertiary/aromatic N) is 3. The molecule has 1 fully saturated rings. The van der Waals surface area contributed by atoms with Crippen molar-refractivity contribution in [1.29, 1.82) is 0 Å². The number of anilines is 2. The second kappa shape index (κ2) is 9.17. The van der Waals surface area contributed by atoms with Crippen LogP contribution >= 0.6 is 0 Å². The summed E-state index contributed by atoms with van der Waals surface area (Å²) in [6.07, 6.45) is 1.75. The van der Waals surface area contributed by atoms with Crippen molar-refractivity contribution in [2.24, 2.45) is 5.10 Å². The molecule has 3 rings (SSSR count). The van der Waals surface area contributed by atoms with Gasteiger partial charge in [0.15, 0.2) is 5.82 Å². The number of hydrogen-bond donors (Lipinski definition) is 2. The molecule has 1 aliphatic heterocycles. The smallest absolute Gasteiger partial charge is 0.217 e. The van der Waals surface area contributed by atoms with E-state index < -0.39 is 0 Å². The Balaban J connectivity index is 1.53. The lowest BCUT2D eigenvalue weighted by Crippen LogP contribution is -2.38. The summed E-state index contributed by atoms with van der Waals surface area (Å²) in [7, 11) is 0. The highest BCUT2D eigenvalue weighted by molar-refractivity contribution is 5.80. The summed E-state index contributed by atoms with van der Waals surface area (Å²) in [6, 6.07) is 11.5. The molecule has 0 bridgehead atoms. The van der Waals surface area contributed by atoms with E-state index in [0.717, 1.165) is 38.4 Å². The van der Waals surface area contributed by atoms with E-state index in [4.69, 9.17) is 15.2 Å². The minimum atomic E-state index is 0.492. The van der Waals surface area contributed by atoms with E-state index in [1.165, 1.54) is 5.56 Å². The number of hydrogen-bond acceptors (Lipinski definition) is 7. The zero-order chi connectivity index (χ0) is 18.2. The maximum Gasteiger partial charge on any atom is 0.217 e. The van der Waals surface area contributed by atoms with Gasteiger partial charge in [0.2, 0.25) is 5.88 Å². The van der Waals surface area contributed by atoms with Crippen LogP contribution < -0.4 is 15.9 Å².